The van der Waals surface area contributed by atoms with Crippen LogP contribution >= 0.6 is 0 Å². The van der Waals surface area contributed by atoms with E-state index < -0.39 is 18.0 Å². The lowest BCUT2D eigenvalue weighted by atomic mass is 9.95. The summed E-state index contributed by atoms with van der Waals surface area (Å²) in [7, 11) is 0. The van der Waals surface area contributed by atoms with Gasteiger partial charge in [0.1, 0.15) is 6.61 Å². The molecular weight excluding hydrogens is 372 g/mol. The zero-order chi connectivity index (χ0) is 21.0. The molecule has 7 nitrogen and oxygen atoms in total. The maximum absolute atomic E-state index is 12.9. The maximum Gasteiger partial charge on any atom is 0.338 e. The first-order valence-corrected chi connectivity index (χ1v) is 9.35. The maximum atomic E-state index is 12.9. The van der Waals surface area contributed by atoms with E-state index in [0.717, 1.165) is 11.1 Å². The number of rotatable bonds is 6. The predicted octanol–water partition coefficient (Wildman–Crippen LogP) is 3.47. The lowest BCUT2D eigenvalue weighted by molar-refractivity contribution is -0.140. The number of benzene rings is 2. The number of urea groups is 1. The topological polar surface area (TPSA) is 96.9 Å². The molecule has 3 N–H and O–H groups in total. The lowest BCUT2D eigenvalue weighted by Crippen LogP contribution is -2.45. The van der Waals surface area contributed by atoms with Crippen LogP contribution in [0, 0.1) is 6.92 Å². The zero-order valence-electron chi connectivity index (χ0n) is 16.6. The molecule has 0 bridgehead atoms. The van der Waals surface area contributed by atoms with Gasteiger partial charge in [-0.05, 0) is 44.0 Å². The van der Waals surface area contributed by atoms with Crippen molar-refractivity contribution in [3.05, 3.63) is 70.4 Å². The van der Waals surface area contributed by atoms with Gasteiger partial charge >= 0.3 is 12.0 Å². The van der Waals surface area contributed by atoms with Crippen molar-refractivity contribution in [3.8, 4) is 11.5 Å². The first-order valence-electron chi connectivity index (χ1n) is 9.35. The summed E-state index contributed by atoms with van der Waals surface area (Å²) in [6.07, 6.45) is 0. The quantitative estimate of drug-likeness (QED) is 0.650. The van der Waals surface area contributed by atoms with Gasteiger partial charge in [-0.1, -0.05) is 35.9 Å². The highest BCUT2D eigenvalue weighted by Crippen LogP contribution is 2.34. The van der Waals surface area contributed by atoms with Crippen LogP contribution in [0.3, 0.4) is 0 Å². The van der Waals surface area contributed by atoms with Crippen molar-refractivity contribution in [2.75, 3.05) is 6.61 Å². The highest BCUT2D eigenvalue weighted by atomic mass is 16.5. The van der Waals surface area contributed by atoms with Gasteiger partial charge < -0.3 is 25.2 Å². The number of hydrogen-bond acceptors (Lipinski definition) is 5. The largest absolute Gasteiger partial charge is 0.504 e. The summed E-state index contributed by atoms with van der Waals surface area (Å²) in [6.45, 7) is 5.93. The molecule has 0 saturated heterocycles. The van der Waals surface area contributed by atoms with Gasteiger partial charge in [-0.3, -0.25) is 0 Å². The minimum absolute atomic E-state index is 0.0138. The molecule has 3 rings (SSSR count). The van der Waals surface area contributed by atoms with Crippen molar-refractivity contribution in [3.63, 3.8) is 0 Å². The molecular formula is C22H24N2O5. The first-order chi connectivity index (χ1) is 13.9. The third kappa shape index (κ3) is 4.68. The van der Waals surface area contributed by atoms with Crippen LogP contribution in [0.25, 0.3) is 0 Å². The number of aryl methyl sites for hydroxylation is 1. The molecule has 0 aromatic heterocycles. The molecule has 1 heterocycles. The van der Waals surface area contributed by atoms with Crippen molar-refractivity contribution >= 4 is 12.0 Å². The van der Waals surface area contributed by atoms with Crippen LogP contribution < -0.4 is 15.4 Å². The minimum Gasteiger partial charge on any atom is -0.504 e. The van der Waals surface area contributed by atoms with Crippen LogP contribution in [-0.2, 0) is 16.1 Å². The minimum atomic E-state index is -0.728. The third-order valence-corrected chi connectivity index (χ3v) is 4.60. The number of nitrogens with one attached hydrogen (secondary N) is 2. The zero-order valence-corrected chi connectivity index (χ0v) is 16.6. The van der Waals surface area contributed by atoms with Gasteiger partial charge in [-0.15, -0.1) is 0 Å². The Morgan fingerprint density at radius 2 is 1.86 bits per heavy atom. The summed E-state index contributed by atoms with van der Waals surface area (Å²) in [6, 6.07) is 11.3. The molecule has 1 atom stereocenters. The van der Waals surface area contributed by atoms with Crippen LogP contribution in [0.2, 0.25) is 0 Å². The number of carbonyl (C=O) groups is 2. The molecule has 1 aliphatic heterocycles. The molecule has 0 radical (unpaired) electrons. The van der Waals surface area contributed by atoms with E-state index in [-0.39, 0.29) is 18.1 Å². The highest BCUT2D eigenvalue weighted by Gasteiger charge is 2.32. The summed E-state index contributed by atoms with van der Waals surface area (Å²) in [4.78, 5) is 24.9. The molecule has 29 heavy (non-hydrogen) atoms. The van der Waals surface area contributed by atoms with Gasteiger partial charge in [-0.2, -0.15) is 0 Å². The van der Waals surface area contributed by atoms with Crippen molar-refractivity contribution in [2.45, 2.75) is 33.4 Å². The highest BCUT2D eigenvalue weighted by molar-refractivity contribution is 5.95. The molecule has 0 spiro atoms. The Labute approximate surface area is 169 Å². The Bertz CT molecular complexity index is 950. The average molecular weight is 396 g/mol. The van der Waals surface area contributed by atoms with Crippen LogP contribution in [0.4, 0.5) is 4.79 Å². The fourth-order valence-electron chi connectivity index (χ4n) is 3.11. The number of hydrogen-bond donors (Lipinski definition) is 3. The van der Waals surface area contributed by atoms with Crippen LogP contribution in [0.5, 0.6) is 11.5 Å². The van der Waals surface area contributed by atoms with Gasteiger partial charge in [0.25, 0.3) is 0 Å². The number of phenolic OH excluding ortho intramolecular Hbond substituents is 1. The summed E-state index contributed by atoms with van der Waals surface area (Å²) in [5.41, 5.74) is 3.30. The van der Waals surface area contributed by atoms with Crippen molar-refractivity contribution in [2.24, 2.45) is 0 Å². The Hall–Kier alpha value is -3.48. The van der Waals surface area contributed by atoms with E-state index in [1.165, 1.54) is 6.07 Å². The Morgan fingerprint density at radius 3 is 2.55 bits per heavy atom. The van der Waals surface area contributed by atoms with E-state index in [1.54, 1.807) is 26.0 Å². The molecule has 0 fully saturated rings. The molecule has 1 aliphatic rings. The smallest absolute Gasteiger partial charge is 0.338 e. The standard InChI is InChI=1S/C22H24N2O5/c1-4-28-18-11-16(9-10-17(18)25)20-19(14(3)23-22(27)24-20)21(26)29-12-15-7-5-13(2)6-8-15/h5-11,20,25H,4,12H2,1-3H3,(H2,23,24,27)/t20-/m1/s1. The van der Waals surface area contributed by atoms with E-state index in [2.05, 4.69) is 10.6 Å². The van der Waals surface area contributed by atoms with Gasteiger partial charge in [0.15, 0.2) is 11.5 Å². The van der Waals surface area contributed by atoms with Gasteiger partial charge in [0, 0.05) is 5.70 Å². The molecule has 2 aromatic carbocycles. The lowest BCUT2D eigenvalue weighted by Gasteiger charge is -2.28. The Kier molecular flexibility index (Phi) is 6.07. The number of allylic oxidation sites excluding steroid dienone is 1. The van der Waals surface area contributed by atoms with Crippen molar-refractivity contribution in [1.29, 1.82) is 0 Å². The van der Waals surface area contributed by atoms with Crippen molar-refractivity contribution < 1.29 is 24.2 Å². The molecule has 0 unspecified atom stereocenters. The second-order valence-corrected chi connectivity index (χ2v) is 6.79. The monoisotopic (exact) mass is 396 g/mol. The second kappa shape index (κ2) is 8.68. The number of esters is 1. The molecule has 7 heteroatoms. The Balaban J connectivity index is 1.86. The fraction of sp³-hybridized carbons (Fsp3) is 0.273. The molecule has 2 amide bonds. The number of carbonyl (C=O) groups excluding carboxylic acids is 2. The fourth-order valence-corrected chi connectivity index (χ4v) is 3.11. The third-order valence-electron chi connectivity index (χ3n) is 4.60. The molecule has 0 aliphatic carbocycles. The van der Waals surface area contributed by atoms with Gasteiger partial charge in [-0.25, -0.2) is 9.59 Å². The van der Waals surface area contributed by atoms with Gasteiger partial charge in [0.05, 0.1) is 18.2 Å². The molecule has 2 aromatic rings. The van der Waals surface area contributed by atoms with Crippen LogP contribution in [-0.4, -0.2) is 23.7 Å². The second-order valence-electron chi connectivity index (χ2n) is 6.79. The summed E-state index contributed by atoms with van der Waals surface area (Å²) >= 11 is 0. The summed E-state index contributed by atoms with van der Waals surface area (Å²) in [5.74, 6) is -0.269. The van der Waals surface area contributed by atoms with Crippen molar-refractivity contribution in [1.82, 2.24) is 10.6 Å². The predicted molar refractivity (Wildman–Crippen MR) is 107 cm³/mol. The van der Waals surface area contributed by atoms with E-state index in [9.17, 15) is 14.7 Å². The van der Waals surface area contributed by atoms with Crippen LogP contribution in [0.1, 0.15) is 36.6 Å². The van der Waals surface area contributed by atoms with E-state index in [0.29, 0.717) is 23.4 Å². The van der Waals surface area contributed by atoms with E-state index in [1.807, 2.05) is 31.2 Å². The normalized spacial score (nSPS) is 16.1. The van der Waals surface area contributed by atoms with E-state index >= 15 is 0 Å². The van der Waals surface area contributed by atoms with Crippen LogP contribution in [0.15, 0.2) is 53.7 Å². The summed E-state index contributed by atoms with van der Waals surface area (Å²) in [5, 5.41) is 15.3. The first kappa shape index (κ1) is 20.3. The van der Waals surface area contributed by atoms with E-state index in [4.69, 9.17) is 9.47 Å². The number of aromatic hydroxyl groups is 1. The SMILES string of the molecule is CCOc1cc([C@H]2NC(=O)NC(C)=C2C(=O)OCc2ccc(C)cc2)ccc1O. The Morgan fingerprint density at radius 1 is 1.14 bits per heavy atom. The number of phenols is 1. The van der Waals surface area contributed by atoms with Gasteiger partial charge in [0.2, 0.25) is 0 Å². The number of amides is 2. The number of ether oxygens (including phenoxy) is 2. The average Bonchev–Trinajstić information content (AvgIpc) is 2.68. The summed E-state index contributed by atoms with van der Waals surface area (Å²) < 4.78 is 10.9. The molecule has 0 saturated carbocycles. The molecule has 152 valence electrons.